The van der Waals surface area contributed by atoms with E-state index in [2.05, 4.69) is 4.98 Å². The molecule has 3 heterocycles. The van der Waals surface area contributed by atoms with Crippen LogP contribution in [0.2, 0.25) is 5.02 Å². The number of rotatable bonds is 3. The first-order valence-electron chi connectivity index (χ1n) is 6.91. The zero-order valence-electron chi connectivity index (χ0n) is 12.0. The second-order valence-corrected chi connectivity index (χ2v) is 5.53. The maximum atomic E-state index is 14.1. The van der Waals surface area contributed by atoms with Gasteiger partial charge >= 0.3 is 0 Å². The van der Waals surface area contributed by atoms with Gasteiger partial charge in [0.25, 0.3) is 5.91 Å². The van der Waals surface area contributed by atoms with Gasteiger partial charge in [-0.25, -0.2) is 4.98 Å². The van der Waals surface area contributed by atoms with Crippen LogP contribution in [0.3, 0.4) is 0 Å². The van der Waals surface area contributed by atoms with Crippen LogP contribution in [0, 0.1) is 5.95 Å². The SMILES string of the molecule is COC1CCCn2c(-c3cccnc3F)c(Cl)c(C(N)=O)c21. The number of carbonyl (C=O) groups excluding carboxylic acids is 1. The molecule has 1 unspecified atom stereocenters. The van der Waals surface area contributed by atoms with Crippen molar-refractivity contribution in [3.8, 4) is 11.3 Å². The van der Waals surface area contributed by atoms with Crippen molar-refractivity contribution in [2.24, 2.45) is 5.73 Å². The van der Waals surface area contributed by atoms with Crippen LogP contribution >= 0.6 is 11.6 Å². The van der Waals surface area contributed by atoms with Crippen LogP contribution in [0.15, 0.2) is 18.3 Å². The third-order valence-corrected chi connectivity index (χ3v) is 4.31. The Labute approximate surface area is 131 Å². The number of aromatic nitrogens is 2. The Kier molecular flexibility index (Phi) is 3.88. The van der Waals surface area contributed by atoms with Crippen molar-refractivity contribution in [1.82, 2.24) is 9.55 Å². The highest BCUT2D eigenvalue weighted by molar-refractivity contribution is 6.36. The number of carbonyl (C=O) groups is 1. The van der Waals surface area contributed by atoms with Gasteiger partial charge in [-0.15, -0.1) is 0 Å². The molecule has 0 spiro atoms. The number of pyridine rings is 1. The Balaban J connectivity index is 2.33. The molecule has 3 rings (SSSR count). The van der Waals surface area contributed by atoms with Crippen LogP contribution in [-0.4, -0.2) is 22.6 Å². The first-order valence-corrected chi connectivity index (χ1v) is 7.29. The minimum atomic E-state index is -0.645. The number of primary amides is 1. The van der Waals surface area contributed by atoms with Crippen LogP contribution in [0.4, 0.5) is 4.39 Å². The number of hydrogen-bond donors (Lipinski definition) is 1. The van der Waals surface area contributed by atoms with Crippen molar-refractivity contribution in [1.29, 1.82) is 0 Å². The molecule has 2 N–H and O–H groups in total. The summed E-state index contributed by atoms with van der Waals surface area (Å²) in [7, 11) is 1.57. The van der Waals surface area contributed by atoms with Gasteiger partial charge in [-0.1, -0.05) is 11.6 Å². The van der Waals surface area contributed by atoms with Gasteiger partial charge in [-0.3, -0.25) is 4.79 Å². The first-order chi connectivity index (χ1) is 10.6. The van der Waals surface area contributed by atoms with Crippen molar-refractivity contribution in [2.75, 3.05) is 7.11 Å². The summed E-state index contributed by atoms with van der Waals surface area (Å²) in [5.41, 5.74) is 6.98. The van der Waals surface area contributed by atoms with E-state index >= 15 is 0 Å². The zero-order valence-corrected chi connectivity index (χ0v) is 12.7. The van der Waals surface area contributed by atoms with Gasteiger partial charge in [0.15, 0.2) is 0 Å². The predicted molar refractivity (Wildman–Crippen MR) is 80.1 cm³/mol. The maximum absolute atomic E-state index is 14.1. The minimum absolute atomic E-state index is 0.151. The molecular weight excluding hydrogens is 309 g/mol. The molecule has 2 aromatic rings. The minimum Gasteiger partial charge on any atom is -0.375 e. The molecule has 5 nitrogen and oxygen atoms in total. The van der Waals surface area contributed by atoms with Crippen molar-refractivity contribution in [3.63, 3.8) is 0 Å². The highest BCUT2D eigenvalue weighted by atomic mass is 35.5. The standard InChI is InChI=1S/C15H15ClFN3O2/c1-22-9-5-3-7-20-12(8-4-2-6-19-14(8)17)11(16)10(13(9)20)15(18)21/h2,4,6,9H,3,5,7H2,1H3,(H2,18,21). The Morgan fingerprint density at radius 2 is 2.36 bits per heavy atom. The summed E-state index contributed by atoms with van der Waals surface area (Å²) >= 11 is 6.37. The highest BCUT2D eigenvalue weighted by Gasteiger charge is 2.33. The topological polar surface area (TPSA) is 70.1 Å². The number of methoxy groups -OCH3 is 1. The Morgan fingerprint density at radius 1 is 1.59 bits per heavy atom. The summed E-state index contributed by atoms with van der Waals surface area (Å²) in [5, 5.41) is 0.151. The third kappa shape index (κ3) is 2.19. The van der Waals surface area contributed by atoms with Crippen molar-refractivity contribution in [3.05, 3.63) is 40.6 Å². The van der Waals surface area contributed by atoms with E-state index in [0.29, 0.717) is 17.9 Å². The molecule has 0 bridgehead atoms. The largest absolute Gasteiger partial charge is 0.375 e. The predicted octanol–water partition coefficient (Wildman–Crippen LogP) is 2.92. The molecular formula is C15H15ClFN3O2. The smallest absolute Gasteiger partial charge is 0.252 e. The molecule has 1 aliphatic heterocycles. The Morgan fingerprint density at radius 3 is 3.00 bits per heavy atom. The molecule has 1 atom stereocenters. The van der Waals surface area contributed by atoms with Crippen LogP contribution in [0.25, 0.3) is 11.3 Å². The summed E-state index contributed by atoms with van der Waals surface area (Å²) in [5.74, 6) is -1.28. The van der Waals surface area contributed by atoms with E-state index in [9.17, 15) is 9.18 Å². The monoisotopic (exact) mass is 323 g/mol. The fourth-order valence-electron chi connectivity index (χ4n) is 3.03. The van der Waals surface area contributed by atoms with Crippen LogP contribution in [0.1, 0.15) is 35.0 Å². The Bertz CT molecular complexity index is 745. The lowest BCUT2D eigenvalue weighted by atomic mass is 10.0. The molecule has 1 amide bonds. The van der Waals surface area contributed by atoms with Gasteiger partial charge in [-0.05, 0) is 25.0 Å². The van der Waals surface area contributed by atoms with E-state index < -0.39 is 11.9 Å². The molecule has 7 heteroatoms. The van der Waals surface area contributed by atoms with Crippen LogP contribution in [0.5, 0.6) is 0 Å². The van der Waals surface area contributed by atoms with E-state index in [0.717, 1.165) is 12.8 Å². The van der Waals surface area contributed by atoms with E-state index in [4.69, 9.17) is 22.1 Å². The number of amides is 1. The molecule has 0 saturated carbocycles. The molecule has 0 radical (unpaired) electrons. The molecule has 22 heavy (non-hydrogen) atoms. The molecule has 0 aromatic carbocycles. The van der Waals surface area contributed by atoms with Gasteiger partial charge in [0.1, 0.15) is 0 Å². The van der Waals surface area contributed by atoms with Crippen LogP contribution < -0.4 is 5.73 Å². The normalized spacial score (nSPS) is 17.3. The number of fused-ring (bicyclic) bond motifs is 1. The van der Waals surface area contributed by atoms with Gasteiger partial charge in [0, 0.05) is 19.9 Å². The number of halogens is 2. The zero-order chi connectivity index (χ0) is 15.9. The van der Waals surface area contributed by atoms with E-state index in [1.807, 2.05) is 4.57 Å². The second-order valence-electron chi connectivity index (χ2n) is 5.15. The number of nitrogens with two attached hydrogens (primary N) is 1. The average Bonchev–Trinajstić information content (AvgIpc) is 2.80. The molecule has 2 aromatic heterocycles. The summed E-state index contributed by atoms with van der Waals surface area (Å²) in [6.45, 7) is 0.617. The summed E-state index contributed by atoms with van der Waals surface area (Å²) < 4.78 is 21.4. The van der Waals surface area contributed by atoms with Crippen molar-refractivity contribution < 1.29 is 13.9 Å². The summed E-state index contributed by atoms with van der Waals surface area (Å²) in [4.78, 5) is 15.5. The number of ether oxygens (including phenoxy) is 1. The molecule has 116 valence electrons. The summed E-state index contributed by atoms with van der Waals surface area (Å²) in [6, 6.07) is 3.20. The lowest BCUT2D eigenvalue weighted by molar-refractivity contribution is 0.0739. The van der Waals surface area contributed by atoms with E-state index in [1.165, 1.54) is 6.20 Å². The van der Waals surface area contributed by atoms with Gasteiger partial charge in [0.2, 0.25) is 5.95 Å². The van der Waals surface area contributed by atoms with Gasteiger partial charge in [-0.2, -0.15) is 4.39 Å². The Hall–Kier alpha value is -1.92. The van der Waals surface area contributed by atoms with E-state index in [1.54, 1.807) is 19.2 Å². The lowest BCUT2D eigenvalue weighted by Crippen LogP contribution is -2.22. The highest BCUT2D eigenvalue weighted by Crippen LogP contribution is 2.43. The maximum Gasteiger partial charge on any atom is 0.252 e. The quantitative estimate of drug-likeness (QED) is 0.883. The molecule has 0 aliphatic carbocycles. The number of nitrogens with zero attached hydrogens (tertiary/aromatic N) is 2. The first kappa shape index (κ1) is 15.0. The fourth-order valence-corrected chi connectivity index (χ4v) is 3.43. The van der Waals surface area contributed by atoms with Crippen molar-refractivity contribution >= 4 is 17.5 Å². The van der Waals surface area contributed by atoms with Gasteiger partial charge < -0.3 is 15.0 Å². The van der Waals surface area contributed by atoms with Gasteiger partial charge in [0.05, 0.1) is 33.6 Å². The average molecular weight is 324 g/mol. The number of hydrogen-bond acceptors (Lipinski definition) is 3. The van der Waals surface area contributed by atoms with Crippen LogP contribution in [-0.2, 0) is 11.3 Å². The van der Waals surface area contributed by atoms with E-state index in [-0.39, 0.29) is 22.3 Å². The fraction of sp³-hybridized carbons (Fsp3) is 0.333. The summed E-state index contributed by atoms with van der Waals surface area (Å²) in [6.07, 6.45) is 2.66. The lowest BCUT2D eigenvalue weighted by Gasteiger charge is -2.25. The molecule has 1 aliphatic rings. The molecule has 0 saturated heterocycles. The second kappa shape index (κ2) is 5.70. The third-order valence-electron chi connectivity index (χ3n) is 3.94. The van der Waals surface area contributed by atoms with Crippen molar-refractivity contribution in [2.45, 2.75) is 25.5 Å². The molecule has 0 fully saturated rings.